The molecule has 0 bridgehead atoms. The Morgan fingerprint density at radius 2 is 0.684 bits per heavy atom. The SMILES string of the molecule is c1ccc(-c2ccc(-c3ccc(N(c4ccc(-c5ccccc5)cc4)c4ccc5oc6cc7c(cc6c5c4)oc4cccc(-c5ccccc5)c47)cc3)cc2)cc1. The van der Waals surface area contributed by atoms with Crippen LogP contribution < -0.4 is 4.90 Å². The topological polar surface area (TPSA) is 29.5 Å². The Morgan fingerprint density at radius 1 is 0.263 bits per heavy atom. The van der Waals surface area contributed by atoms with Gasteiger partial charge in [-0.1, -0.05) is 152 Å². The van der Waals surface area contributed by atoms with E-state index in [1.165, 1.54) is 33.4 Å². The molecule has 0 aliphatic carbocycles. The Morgan fingerprint density at radius 3 is 1.25 bits per heavy atom. The standard InChI is InChI=1S/C54H35NO2/c1-4-11-36(12-5-1)38-19-21-39(22-20-38)41-25-29-44(30-26-41)55(43-27-23-40(24-28-43)37-13-6-2-7-14-37)45-31-32-50-47(33-45)48-34-53-49(35-52(48)56-50)54-46(17-10-18-51(54)57-53)42-15-8-3-9-16-42/h1-35H. The fourth-order valence-electron chi connectivity index (χ4n) is 8.25. The van der Waals surface area contributed by atoms with E-state index in [-0.39, 0.29) is 0 Å². The van der Waals surface area contributed by atoms with E-state index in [2.05, 4.69) is 205 Å². The lowest BCUT2D eigenvalue weighted by Gasteiger charge is -2.26. The lowest BCUT2D eigenvalue weighted by molar-refractivity contribution is 0.664. The van der Waals surface area contributed by atoms with Crippen LogP contribution >= 0.6 is 0 Å². The van der Waals surface area contributed by atoms with E-state index in [4.69, 9.17) is 8.83 Å². The monoisotopic (exact) mass is 729 g/mol. The van der Waals surface area contributed by atoms with Crippen molar-refractivity contribution in [1.29, 1.82) is 0 Å². The minimum atomic E-state index is 0.835. The number of hydrogen-bond donors (Lipinski definition) is 0. The maximum atomic E-state index is 6.58. The average molecular weight is 730 g/mol. The molecule has 9 aromatic carbocycles. The molecule has 0 aliphatic heterocycles. The Bertz CT molecular complexity index is 3180. The minimum Gasteiger partial charge on any atom is -0.456 e. The first-order valence-corrected chi connectivity index (χ1v) is 19.3. The maximum absolute atomic E-state index is 6.58. The van der Waals surface area contributed by atoms with E-state index in [0.29, 0.717) is 0 Å². The largest absolute Gasteiger partial charge is 0.456 e. The smallest absolute Gasteiger partial charge is 0.136 e. The van der Waals surface area contributed by atoms with Gasteiger partial charge in [0.15, 0.2) is 0 Å². The van der Waals surface area contributed by atoms with Crippen LogP contribution in [0.3, 0.4) is 0 Å². The van der Waals surface area contributed by atoms with Crippen molar-refractivity contribution >= 4 is 60.9 Å². The van der Waals surface area contributed by atoms with Gasteiger partial charge in [0.2, 0.25) is 0 Å². The molecule has 0 amide bonds. The highest BCUT2D eigenvalue weighted by molar-refractivity contribution is 6.18. The molecule has 11 aromatic rings. The van der Waals surface area contributed by atoms with Crippen LogP contribution in [0.2, 0.25) is 0 Å². The van der Waals surface area contributed by atoms with Crippen molar-refractivity contribution in [3.8, 4) is 44.5 Å². The molecule has 3 heteroatoms. The molecule has 0 fully saturated rings. The highest BCUT2D eigenvalue weighted by atomic mass is 16.3. The van der Waals surface area contributed by atoms with Gasteiger partial charge in [-0.25, -0.2) is 0 Å². The zero-order chi connectivity index (χ0) is 37.7. The van der Waals surface area contributed by atoms with Gasteiger partial charge in [-0.2, -0.15) is 0 Å². The van der Waals surface area contributed by atoms with Gasteiger partial charge in [0.1, 0.15) is 22.3 Å². The molecule has 268 valence electrons. The van der Waals surface area contributed by atoms with E-state index >= 15 is 0 Å². The first kappa shape index (κ1) is 32.8. The van der Waals surface area contributed by atoms with Crippen LogP contribution in [0.1, 0.15) is 0 Å². The van der Waals surface area contributed by atoms with Crippen molar-refractivity contribution in [2.24, 2.45) is 0 Å². The fourth-order valence-corrected chi connectivity index (χ4v) is 8.25. The molecule has 0 saturated carbocycles. The Hall–Kier alpha value is -7.62. The summed E-state index contributed by atoms with van der Waals surface area (Å²) in [4.78, 5) is 2.32. The normalized spacial score (nSPS) is 11.5. The Labute approximate surface area is 330 Å². The molecule has 0 N–H and O–H groups in total. The van der Waals surface area contributed by atoms with Crippen LogP contribution in [0.25, 0.3) is 88.4 Å². The molecule has 3 nitrogen and oxygen atoms in total. The summed E-state index contributed by atoms with van der Waals surface area (Å²) in [5.41, 5.74) is 16.0. The summed E-state index contributed by atoms with van der Waals surface area (Å²) in [7, 11) is 0. The van der Waals surface area contributed by atoms with E-state index in [0.717, 1.165) is 72.1 Å². The van der Waals surface area contributed by atoms with Crippen LogP contribution in [-0.4, -0.2) is 0 Å². The zero-order valence-corrected chi connectivity index (χ0v) is 31.0. The van der Waals surface area contributed by atoms with Gasteiger partial charge in [0.05, 0.1) is 0 Å². The highest BCUT2D eigenvalue weighted by Gasteiger charge is 2.19. The van der Waals surface area contributed by atoms with Crippen LogP contribution in [0, 0.1) is 0 Å². The molecule has 0 atom stereocenters. The second kappa shape index (κ2) is 13.6. The quantitative estimate of drug-likeness (QED) is 0.164. The summed E-state index contributed by atoms with van der Waals surface area (Å²) in [6.45, 7) is 0. The third kappa shape index (κ3) is 5.85. The van der Waals surface area contributed by atoms with Gasteiger partial charge in [0.25, 0.3) is 0 Å². The first-order valence-electron chi connectivity index (χ1n) is 19.3. The highest BCUT2D eigenvalue weighted by Crippen LogP contribution is 2.43. The van der Waals surface area contributed by atoms with Crippen LogP contribution in [0.4, 0.5) is 17.1 Å². The summed E-state index contributed by atoms with van der Waals surface area (Å²) >= 11 is 0. The third-order valence-corrected chi connectivity index (χ3v) is 11.1. The molecule has 0 unspecified atom stereocenters. The van der Waals surface area contributed by atoms with Crippen LogP contribution in [-0.2, 0) is 0 Å². The van der Waals surface area contributed by atoms with Crippen LogP contribution in [0.15, 0.2) is 221 Å². The van der Waals surface area contributed by atoms with E-state index in [1.54, 1.807) is 0 Å². The lowest BCUT2D eigenvalue weighted by atomic mass is 9.99. The zero-order valence-electron chi connectivity index (χ0n) is 31.0. The summed E-state index contributed by atoms with van der Waals surface area (Å²) in [5, 5.41) is 4.20. The second-order valence-electron chi connectivity index (χ2n) is 14.5. The van der Waals surface area contributed by atoms with Crippen molar-refractivity contribution < 1.29 is 8.83 Å². The van der Waals surface area contributed by atoms with Gasteiger partial charge in [-0.05, 0) is 105 Å². The van der Waals surface area contributed by atoms with Gasteiger partial charge in [-0.15, -0.1) is 0 Å². The predicted molar refractivity (Wildman–Crippen MR) is 237 cm³/mol. The van der Waals surface area contributed by atoms with Crippen LogP contribution in [0.5, 0.6) is 0 Å². The van der Waals surface area contributed by atoms with Crippen molar-refractivity contribution in [3.05, 3.63) is 212 Å². The minimum absolute atomic E-state index is 0.835. The molecular formula is C54H35NO2. The molecule has 0 spiro atoms. The number of hydrogen-bond acceptors (Lipinski definition) is 3. The average Bonchev–Trinajstić information content (AvgIpc) is 3.84. The first-order chi connectivity index (χ1) is 28.2. The van der Waals surface area contributed by atoms with Gasteiger partial charge < -0.3 is 13.7 Å². The van der Waals surface area contributed by atoms with Crippen molar-refractivity contribution in [3.63, 3.8) is 0 Å². The van der Waals surface area contributed by atoms with Crippen molar-refractivity contribution in [1.82, 2.24) is 0 Å². The Balaban J connectivity index is 1.01. The van der Waals surface area contributed by atoms with E-state index in [1.807, 2.05) is 12.1 Å². The second-order valence-corrected chi connectivity index (χ2v) is 14.5. The molecule has 2 heterocycles. The summed E-state index contributed by atoms with van der Waals surface area (Å²) in [6, 6.07) is 75.0. The maximum Gasteiger partial charge on any atom is 0.136 e. The number of anilines is 3. The molecule has 0 aliphatic rings. The fraction of sp³-hybridized carbons (Fsp3) is 0. The molecule has 2 aromatic heterocycles. The van der Waals surface area contributed by atoms with Crippen molar-refractivity contribution in [2.75, 3.05) is 4.90 Å². The number of benzene rings is 9. The molecule has 57 heavy (non-hydrogen) atoms. The number of fused-ring (bicyclic) bond motifs is 6. The van der Waals surface area contributed by atoms with Crippen molar-refractivity contribution in [2.45, 2.75) is 0 Å². The lowest BCUT2D eigenvalue weighted by Crippen LogP contribution is -2.09. The molecular weight excluding hydrogens is 695 g/mol. The molecule has 0 saturated heterocycles. The number of nitrogens with zero attached hydrogens (tertiary/aromatic N) is 1. The number of furan rings is 2. The summed E-state index contributed by atoms with van der Waals surface area (Å²) in [6.07, 6.45) is 0. The number of rotatable bonds is 7. The van der Waals surface area contributed by atoms with E-state index < -0.39 is 0 Å². The summed E-state index contributed by atoms with van der Waals surface area (Å²) < 4.78 is 13.1. The third-order valence-electron chi connectivity index (χ3n) is 11.1. The van der Waals surface area contributed by atoms with Gasteiger partial charge in [-0.3, -0.25) is 0 Å². The van der Waals surface area contributed by atoms with Gasteiger partial charge >= 0.3 is 0 Å². The molecule has 0 radical (unpaired) electrons. The van der Waals surface area contributed by atoms with Gasteiger partial charge in [0, 0.05) is 38.6 Å². The Kier molecular flexibility index (Phi) is 7.82. The van der Waals surface area contributed by atoms with E-state index in [9.17, 15) is 0 Å². The summed E-state index contributed by atoms with van der Waals surface area (Å²) in [5.74, 6) is 0. The predicted octanol–water partition coefficient (Wildman–Crippen LogP) is 15.6. The molecule has 11 rings (SSSR count).